The summed E-state index contributed by atoms with van der Waals surface area (Å²) in [5.74, 6) is 0. The molecule has 1 unspecified atom stereocenters. The maximum atomic E-state index is 9.68. The third-order valence-corrected chi connectivity index (χ3v) is 2.38. The highest BCUT2D eigenvalue weighted by atomic mass is 16.5. The number of nitrogens with zero attached hydrogens (tertiary/aromatic N) is 1. The summed E-state index contributed by atoms with van der Waals surface area (Å²) in [6.07, 6.45) is -0.326. The number of aryl methyl sites for hydroxylation is 2. The third-order valence-electron chi connectivity index (χ3n) is 2.38. The SMILES string of the molecule is Cc1ccc(C)n1NCC(O)COC(C)C. The normalized spacial score (nSPS) is 13.1. The van der Waals surface area contributed by atoms with E-state index in [0.717, 1.165) is 11.4 Å². The van der Waals surface area contributed by atoms with Crippen LogP contribution in [0, 0.1) is 13.8 Å². The van der Waals surface area contributed by atoms with E-state index in [1.165, 1.54) is 0 Å². The summed E-state index contributed by atoms with van der Waals surface area (Å²) in [7, 11) is 0. The molecular formula is C12H22N2O2. The Bertz CT molecular complexity index is 301. The molecule has 1 rings (SSSR count). The van der Waals surface area contributed by atoms with E-state index in [9.17, 15) is 5.11 Å². The summed E-state index contributed by atoms with van der Waals surface area (Å²) >= 11 is 0. The Kier molecular flexibility index (Phi) is 4.83. The lowest BCUT2D eigenvalue weighted by Crippen LogP contribution is -2.31. The van der Waals surface area contributed by atoms with Crippen molar-refractivity contribution in [2.24, 2.45) is 0 Å². The van der Waals surface area contributed by atoms with E-state index in [4.69, 9.17) is 4.74 Å². The van der Waals surface area contributed by atoms with Crippen molar-refractivity contribution < 1.29 is 9.84 Å². The third kappa shape index (κ3) is 3.87. The fourth-order valence-corrected chi connectivity index (χ4v) is 1.48. The fraction of sp³-hybridized carbons (Fsp3) is 0.667. The highest BCUT2D eigenvalue weighted by molar-refractivity contribution is 5.15. The highest BCUT2D eigenvalue weighted by Crippen LogP contribution is 2.04. The second-order valence-corrected chi connectivity index (χ2v) is 4.35. The van der Waals surface area contributed by atoms with Crippen LogP contribution in [-0.2, 0) is 4.74 Å². The average molecular weight is 226 g/mol. The molecule has 0 amide bonds. The van der Waals surface area contributed by atoms with Gasteiger partial charge in [0, 0.05) is 11.4 Å². The van der Waals surface area contributed by atoms with Crippen molar-refractivity contribution in [1.82, 2.24) is 4.68 Å². The summed E-state index contributed by atoms with van der Waals surface area (Å²) in [4.78, 5) is 0. The molecule has 1 aromatic rings. The van der Waals surface area contributed by atoms with E-state index in [1.54, 1.807) is 0 Å². The summed E-state index contributed by atoms with van der Waals surface area (Å²) in [6, 6.07) is 4.08. The van der Waals surface area contributed by atoms with Gasteiger partial charge < -0.3 is 15.3 Å². The molecule has 0 aromatic carbocycles. The van der Waals surface area contributed by atoms with Crippen LogP contribution in [0.2, 0.25) is 0 Å². The van der Waals surface area contributed by atoms with Gasteiger partial charge in [0.15, 0.2) is 0 Å². The Labute approximate surface area is 97.2 Å². The van der Waals surface area contributed by atoms with Gasteiger partial charge in [-0.2, -0.15) is 0 Å². The molecule has 0 fully saturated rings. The van der Waals surface area contributed by atoms with Crippen molar-refractivity contribution in [2.75, 3.05) is 18.6 Å². The van der Waals surface area contributed by atoms with Crippen LogP contribution in [-0.4, -0.2) is 35.1 Å². The van der Waals surface area contributed by atoms with Crippen LogP contribution in [0.5, 0.6) is 0 Å². The van der Waals surface area contributed by atoms with E-state index < -0.39 is 6.10 Å². The van der Waals surface area contributed by atoms with E-state index in [0.29, 0.717) is 13.2 Å². The van der Waals surface area contributed by atoms with Gasteiger partial charge in [0.1, 0.15) is 0 Å². The van der Waals surface area contributed by atoms with Crippen molar-refractivity contribution in [3.05, 3.63) is 23.5 Å². The van der Waals surface area contributed by atoms with Crippen LogP contribution in [0.1, 0.15) is 25.2 Å². The maximum absolute atomic E-state index is 9.68. The van der Waals surface area contributed by atoms with Crippen LogP contribution in [0.3, 0.4) is 0 Å². The number of ether oxygens (including phenoxy) is 1. The molecule has 2 N–H and O–H groups in total. The fourth-order valence-electron chi connectivity index (χ4n) is 1.48. The van der Waals surface area contributed by atoms with E-state index in [2.05, 4.69) is 5.43 Å². The molecule has 4 heteroatoms. The lowest BCUT2D eigenvalue weighted by atomic mass is 10.4. The summed E-state index contributed by atoms with van der Waals surface area (Å²) in [5, 5.41) is 9.68. The van der Waals surface area contributed by atoms with Crippen molar-refractivity contribution in [3.8, 4) is 0 Å². The zero-order valence-corrected chi connectivity index (χ0v) is 10.5. The summed E-state index contributed by atoms with van der Waals surface area (Å²) in [6.45, 7) is 8.82. The summed E-state index contributed by atoms with van der Waals surface area (Å²) in [5.41, 5.74) is 5.44. The number of hydrogen-bond acceptors (Lipinski definition) is 3. The van der Waals surface area contributed by atoms with E-state index >= 15 is 0 Å². The molecule has 1 aromatic heterocycles. The van der Waals surface area contributed by atoms with Gasteiger partial charge in [0.2, 0.25) is 0 Å². The minimum Gasteiger partial charge on any atom is -0.389 e. The average Bonchev–Trinajstić information content (AvgIpc) is 2.53. The minimum atomic E-state index is -0.483. The molecule has 0 radical (unpaired) electrons. The molecule has 16 heavy (non-hydrogen) atoms. The van der Waals surface area contributed by atoms with Crippen LogP contribution in [0.4, 0.5) is 0 Å². The van der Waals surface area contributed by atoms with E-state index in [1.807, 2.05) is 44.5 Å². The monoisotopic (exact) mass is 226 g/mol. The molecule has 0 saturated heterocycles. The second kappa shape index (κ2) is 5.92. The quantitative estimate of drug-likeness (QED) is 0.771. The Hall–Kier alpha value is -1.00. The van der Waals surface area contributed by atoms with Gasteiger partial charge in [-0.1, -0.05) is 0 Å². The molecule has 4 nitrogen and oxygen atoms in total. The Morgan fingerprint density at radius 2 is 1.88 bits per heavy atom. The number of aliphatic hydroxyl groups excluding tert-OH is 1. The first kappa shape index (κ1) is 13.1. The molecule has 0 aliphatic heterocycles. The molecular weight excluding hydrogens is 204 g/mol. The Balaban J connectivity index is 2.34. The zero-order valence-electron chi connectivity index (χ0n) is 10.5. The van der Waals surface area contributed by atoms with E-state index in [-0.39, 0.29) is 6.10 Å². The van der Waals surface area contributed by atoms with Gasteiger partial charge in [-0.3, -0.25) is 4.68 Å². The highest BCUT2D eigenvalue weighted by Gasteiger charge is 2.07. The first-order valence-corrected chi connectivity index (χ1v) is 5.69. The predicted molar refractivity (Wildman–Crippen MR) is 65.2 cm³/mol. The number of rotatable bonds is 6. The first-order valence-electron chi connectivity index (χ1n) is 5.69. The van der Waals surface area contributed by atoms with Gasteiger partial charge in [0.25, 0.3) is 0 Å². The molecule has 0 spiro atoms. The molecule has 0 saturated carbocycles. The van der Waals surface area contributed by atoms with Crippen LogP contribution in [0.25, 0.3) is 0 Å². The molecule has 1 atom stereocenters. The first-order chi connectivity index (χ1) is 7.50. The van der Waals surface area contributed by atoms with Gasteiger partial charge in [0.05, 0.1) is 25.4 Å². The Morgan fingerprint density at radius 1 is 1.31 bits per heavy atom. The molecule has 1 heterocycles. The van der Waals surface area contributed by atoms with Crippen LogP contribution in [0.15, 0.2) is 12.1 Å². The predicted octanol–water partition coefficient (Wildman–Crippen LogP) is 1.43. The molecule has 0 aliphatic carbocycles. The van der Waals surface area contributed by atoms with Crippen LogP contribution < -0.4 is 5.43 Å². The number of nitrogens with one attached hydrogen (secondary N) is 1. The number of aliphatic hydroxyl groups is 1. The van der Waals surface area contributed by atoms with Gasteiger partial charge in [-0.15, -0.1) is 0 Å². The maximum Gasteiger partial charge on any atom is 0.0961 e. The lowest BCUT2D eigenvalue weighted by Gasteiger charge is -2.17. The molecule has 0 bridgehead atoms. The van der Waals surface area contributed by atoms with Gasteiger partial charge in [-0.05, 0) is 39.8 Å². The van der Waals surface area contributed by atoms with Gasteiger partial charge in [-0.25, -0.2) is 0 Å². The minimum absolute atomic E-state index is 0.157. The number of aromatic nitrogens is 1. The topological polar surface area (TPSA) is 46.4 Å². The van der Waals surface area contributed by atoms with Crippen molar-refractivity contribution >= 4 is 0 Å². The molecule has 92 valence electrons. The smallest absolute Gasteiger partial charge is 0.0961 e. The molecule has 0 aliphatic rings. The van der Waals surface area contributed by atoms with Crippen molar-refractivity contribution in [2.45, 2.75) is 39.9 Å². The zero-order chi connectivity index (χ0) is 12.1. The summed E-state index contributed by atoms with van der Waals surface area (Å²) < 4.78 is 7.31. The standard InChI is InChI=1S/C12H22N2O2/c1-9(2)16-8-12(15)7-13-14-10(3)5-6-11(14)4/h5-6,9,12-13,15H,7-8H2,1-4H3. The van der Waals surface area contributed by atoms with Crippen LogP contribution >= 0.6 is 0 Å². The lowest BCUT2D eigenvalue weighted by molar-refractivity contribution is 0.0103. The number of hydrogen-bond donors (Lipinski definition) is 2. The Morgan fingerprint density at radius 3 is 2.38 bits per heavy atom. The second-order valence-electron chi connectivity index (χ2n) is 4.35. The van der Waals surface area contributed by atoms with Crippen molar-refractivity contribution in [3.63, 3.8) is 0 Å². The van der Waals surface area contributed by atoms with Crippen molar-refractivity contribution in [1.29, 1.82) is 0 Å². The largest absolute Gasteiger partial charge is 0.389 e. The van der Waals surface area contributed by atoms with Gasteiger partial charge >= 0.3 is 0 Å².